The summed E-state index contributed by atoms with van der Waals surface area (Å²) in [4.78, 5) is 2.29. The van der Waals surface area contributed by atoms with Crippen LogP contribution in [0, 0.1) is 0 Å². The van der Waals surface area contributed by atoms with E-state index in [9.17, 15) is 0 Å². The van der Waals surface area contributed by atoms with Crippen molar-refractivity contribution in [2.45, 2.75) is 33.6 Å². The van der Waals surface area contributed by atoms with Gasteiger partial charge in [-0.25, -0.2) is 0 Å². The number of allylic oxidation sites excluding steroid dienone is 2. The van der Waals surface area contributed by atoms with Crippen LogP contribution in [0.3, 0.4) is 0 Å². The van der Waals surface area contributed by atoms with Gasteiger partial charge < -0.3 is 4.90 Å². The standard InChI is InChI=1S/C17H25N/c1-7-8-12-18(6)16-11-9-10-15(13(2)3)17(16)14(4)5/h7-11,14H,2,12H2,1,3-6H3/b8-7+. The van der Waals surface area contributed by atoms with Gasteiger partial charge in [0.25, 0.3) is 0 Å². The molecule has 0 radical (unpaired) electrons. The van der Waals surface area contributed by atoms with Gasteiger partial charge in [-0.05, 0) is 37.0 Å². The minimum absolute atomic E-state index is 0.501. The molecule has 0 aromatic heterocycles. The molecule has 0 amide bonds. The Bertz CT molecular complexity index is 441. The highest BCUT2D eigenvalue weighted by Gasteiger charge is 2.14. The molecule has 1 aromatic rings. The van der Waals surface area contributed by atoms with Gasteiger partial charge in [-0.2, -0.15) is 0 Å². The number of nitrogens with zero attached hydrogens (tertiary/aromatic N) is 1. The second-order valence-electron chi connectivity index (χ2n) is 5.12. The van der Waals surface area contributed by atoms with Crippen molar-refractivity contribution in [1.82, 2.24) is 0 Å². The summed E-state index contributed by atoms with van der Waals surface area (Å²) in [5.74, 6) is 0.501. The Balaban J connectivity index is 3.26. The fourth-order valence-corrected chi connectivity index (χ4v) is 2.23. The molecule has 18 heavy (non-hydrogen) atoms. The summed E-state index contributed by atoms with van der Waals surface area (Å²) in [6.45, 7) is 13.7. The largest absolute Gasteiger partial charge is 0.371 e. The predicted molar refractivity (Wildman–Crippen MR) is 83.3 cm³/mol. The third-order valence-corrected chi connectivity index (χ3v) is 3.15. The molecule has 0 aliphatic rings. The highest BCUT2D eigenvalue weighted by molar-refractivity contribution is 5.72. The van der Waals surface area contributed by atoms with Crippen molar-refractivity contribution in [2.24, 2.45) is 0 Å². The summed E-state index contributed by atoms with van der Waals surface area (Å²) < 4.78 is 0. The second-order valence-corrected chi connectivity index (χ2v) is 5.12. The van der Waals surface area contributed by atoms with Gasteiger partial charge in [0.1, 0.15) is 0 Å². The lowest BCUT2D eigenvalue weighted by molar-refractivity contribution is 0.849. The van der Waals surface area contributed by atoms with Crippen LogP contribution in [-0.4, -0.2) is 13.6 Å². The fraction of sp³-hybridized carbons (Fsp3) is 0.412. The number of hydrogen-bond acceptors (Lipinski definition) is 1. The van der Waals surface area contributed by atoms with Crippen molar-refractivity contribution in [2.75, 3.05) is 18.5 Å². The first-order chi connectivity index (χ1) is 8.49. The van der Waals surface area contributed by atoms with E-state index in [0.717, 1.165) is 12.1 Å². The van der Waals surface area contributed by atoms with Gasteiger partial charge in [-0.3, -0.25) is 0 Å². The van der Waals surface area contributed by atoms with Crippen LogP contribution >= 0.6 is 0 Å². The Labute approximate surface area is 112 Å². The lowest BCUT2D eigenvalue weighted by atomic mass is 9.91. The lowest BCUT2D eigenvalue weighted by Crippen LogP contribution is -2.19. The highest BCUT2D eigenvalue weighted by atomic mass is 15.1. The molecule has 1 nitrogen and oxygen atoms in total. The zero-order chi connectivity index (χ0) is 13.7. The minimum Gasteiger partial charge on any atom is -0.371 e. The molecule has 0 aliphatic heterocycles. The normalized spacial score (nSPS) is 11.2. The number of rotatable bonds is 5. The van der Waals surface area contributed by atoms with Crippen LogP contribution in [0.2, 0.25) is 0 Å². The van der Waals surface area contributed by atoms with Crippen LogP contribution in [0.5, 0.6) is 0 Å². The summed E-state index contributed by atoms with van der Waals surface area (Å²) in [6.07, 6.45) is 4.27. The van der Waals surface area contributed by atoms with E-state index in [1.165, 1.54) is 16.8 Å². The molecular formula is C17H25N. The topological polar surface area (TPSA) is 3.24 Å². The third-order valence-electron chi connectivity index (χ3n) is 3.15. The summed E-state index contributed by atoms with van der Waals surface area (Å²) in [7, 11) is 2.14. The van der Waals surface area contributed by atoms with Crippen molar-refractivity contribution in [1.29, 1.82) is 0 Å². The van der Waals surface area contributed by atoms with E-state index >= 15 is 0 Å². The van der Waals surface area contributed by atoms with E-state index < -0.39 is 0 Å². The lowest BCUT2D eigenvalue weighted by Gasteiger charge is -2.25. The predicted octanol–water partition coefficient (Wildman–Crippen LogP) is 4.86. The maximum Gasteiger partial charge on any atom is 0.0407 e. The van der Waals surface area contributed by atoms with Crippen molar-refractivity contribution in [3.05, 3.63) is 48.1 Å². The van der Waals surface area contributed by atoms with E-state index in [-0.39, 0.29) is 0 Å². The van der Waals surface area contributed by atoms with E-state index in [4.69, 9.17) is 0 Å². The van der Waals surface area contributed by atoms with Crippen LogP contribution in [0.15, 0.2) is 36.9 Å². The van der Waals surface area contributed by atoms with Crippen LogP contribution in [0.25, 0.3) is 5.57 Å². The molecule has 0 atom stereocenters. The third kappa shape index (κ3) is 3.25. The monoisotopic (exact) mass is 243 g/mol. The first kappa shape index (κ1) is 14.6. The first-order valence-corrected chi connectivity index (χ1v) is 6.60. The number of hydrogen-bond donors (Lipinski definition) is 0. The van der Waals surface area contributed by atoms with E-state index in [0.29, 0.717) is 5.92 Å². The van der Waals surface area contributed by atoms with Crippen LogP contribution in [-0.2, 0) is 0 Å². The van der Waals surface area contributed by atoms with E-state index in [1.807, 2.05) is 0 Å². The van der Waals surface area contributed by atoms with Crippen molar-refractivity contribution >= 4 is 11.3 Å². The SMILES string of the molecule is C=C(C)c1cccc(N(C)C/C=C/C)c1C(C)C. The Morgan fingerprint density at radius 1 is 1.39 bits per heavy atom. The summed E-state index contributed by atoms with van der Waals surface area (Å²) in [5.41, 5.74) is 5.13. The van der Waals surface area contributed by atoms with Gasteiger partial charge >= 0.3 is 0 Å². The van der Waals surface area contributed by atoms with Crippen molar-refractivity contribution < 1.29 is 0 Å². The molecule has 1 heteroatoms. The minimum atomic E-state index is 0.501. The van der Waals surface area contributed by atoms with Gasteiger partial charge in [0, 0.05) is 19.3 Å². The average Bonchev–Trinajstić information content (AvgIpc) is 2.34. The molecule has 0 N–H and O–H groups in total. The van der Waals surface area contributed by atoms with Gasteiger partial charge in [-0.15, -0.1) is 0 Å². The van der Waals surface area contributed by atoms with Crippen molar-refractivity contribution in [3.63, 3.8) is 0 Å². The molecule has 0 saturated carbocycles. The molecule has 0 saturated heterocycles. The van der Waals surface area contributed by atoms with Gasteiger partial charge in [-0.1, -0.05) is 50.3 Å². The number of benzene rings is 1. The van der Waals surface area contributed by atoms with Gasteiger partial charge in [0.2, 0.25) is 0 Å². The Morgan fingerprint density at radius 3 is 2.56 bits per heavy atom. The molecule has 1 rings (SSSR count). The van der Waals surface area contributed by atoms with E-state index in [1.54, 1.807) is 0 Å². The molecule has 0 bridgehead atoms. The zero-order valence-corrected chi connectivity index (χ0v) is 12.3. The smallest absolute Gasteiger partial charge is 0.0407 e. The van der Waals surface area contributed by atoms with Crippen LogP contribution in [0.1, 0.15) is 44.7 Å². The molecule has 0 aliphatic carbocycles. The molecule has 1 aromatic carbocycles. The van der Waals surface area contributed by atoms with Gasteiger partial charge in [0.15, 0.2) is 0 Å². The Hall–Kier alpha value is -1.50. The fourth-order valence-electron chi connectivity index (χ4n) is 2.23. The first-order valence-electron chi connectivity index (χ1n) is 6.60. The maximum atomic E-state index is 4.10. The second kappa shape index (κ2) is 6.44. The van der Waals surface area contributed by atoms with Crippen LogP contribution in [0.4, 0.5) is 5.69 Å². The quantitative estimate of drug-likeness (QED) is 0.668. The molecule has 98 valence electrons. The maximum absolute atomic E-state index is 4.10. The average molecular weight is 243 g/mol. The van der Waals surface area contributed by atoms with Crippen LogP contribution < -0.4 is 4.90 Å². The van der Waals surface area contributed by atoms with Gasteiger partial charge in [0.05, 0.1) is 0 Å². The molecule has 0 heterocycles. The number of likely N-dealkylation sites (N-methyl/N-ethyl adjacent to an activating group) is 1. The molecule has 0 unspecified atom stereocenters. The summed E-state index contributed by atoms with van der Waals surface area (Å²) in [5, 5.41) is 0. The highest BCUT2D eigenvalue weighted by Crippen LogP contribution is 2.33. The Morgan fingerprint density at radius 2 is 2.06 bits per heavy atom. The van der Waals surface area contributed by atoms with Crippen molar-refractivity contribution in [3.8, 4) is 0 Å². The Kier molecular flexibility index (Phi) is 5.21. The molecule has 0 spiro atoms. The van der Waals surface area contributed by atoms with E-state index in [2.05, 4.69) is 76.6 Å². The summed E-state index contributed by atoms with van der Waals surface area (Å²) in [6, 6.07) is 6.49. The zero-order valence-electron chi connectivity index (χ0n) is 12.3. The summed E-state index contributed by atoms with van der Waals surface area (Å²) >= 11 is 0. The number of anilines is 1. The molecule has 0 fully saturated rings. The molecular weight excluding hydrogens is 218 g/mol.